The molecule has 3 rings (SSSR count). The van der Waals surface area contributed by atoms with E-state index in [9.17, 15) is 14.9 Å². The summed E-state index contributed by atoms with van der Waals surface area (Å²) in [5.74, 6) is 1.04. The van der Waals surface area contributed by atoms with Crippen molar-refractivity contribution in [3.8, 4) is 5.75 Å². The minimum absolute atomic E-state index is 0.0466. The highest BCUT2D eigenvalue weighted by Crippen LogP contribution is 2.44. The summed E-state index contributed by atoms with van der Waals surface area (Å²) in [5, 5.41) is 14.5. The Morgan fingerprint density at radius 3 is 2.76 bits per heavy atom. The summed E-state index contributed by atoms with van der Waals surface area (Å²) in [7, 11) is 0. The van der Waals surface area contributed by atoms with Crippen molar-refractivity contribution in [3.05, 3.63) is 34.4 Å². The number of nitrogens with zero attached hydrogens (tertiary/aromatic N) is 1. The van der Waals surface area contributed by atoms with Gasteiger partial charge in [0.25, 0.3) is 5.91 Å². The minimum Gasteiger partial charge on any atom is -0.477 e. The number of thiocarbonyl (C=S) groups is 1. The first-order valence-electron chi connectivity index (χ1n) is 8.24. The number of benzene rings is 1. The first-order chi connectivity index (χ1) is 12.0. The van der Waals surface area contributed by atoms with Crippen molar-refractivity contribution in [2.75, 3.05) is 6.61 Å². The number of nitro groups is 1. The second-order valence-electron chi connectivity index (χ2n) is 6.44. The quantitative estimate of drug-likeness (QED) is 0.414. The predicted octanol–water partition coefficient (Wildman–Crippen LogP) is 1.66. The van der Waals surface area contributed by atoms with Gasteiger partial charge in [-0.1, -0.05) is 18.6 Å². The van der Waals surface area contributed by atoms with Gasteiger partial charge in [-0.25, -0.2) is 0 Å². The molecule has 3 atom stereocenters. The topological polar surface area (TPSA) is 106 Å². The summed E-state index contributed by atoms with van der Waals surface area (Å²) in [6, 6.07) is 6.28. The minimum atomic E-state index is -0.556. The number of hydrogen-bond acceptors (Lipinski definition) is 5. The van der Waals surface area contributed by atoms with Crippen molar-refractivity contribution in [3.63, 3.8) is 0 Å². The van der Waals surface area contributed by atoms with E-state index in [4.69, 9.17) is 17.0 Å². The summed E-state index contributed by atoms with van der Waals surface area (Å²) < 4.78 is 5.21. The molecule has 2 saturated carbocycles. The Bertz CT molecular complexity index is 684. The summed E-state index contributed by atoms with van der Waals surface area (Å²) in [4.78, 5) is 22.1. The molecule has 0 heterocycles. The molecule has 2 bridgehead atoms. The first-order valence-corrected chi connectivity index (χ1v) is 8.65. The molecule has 0 aliphatic heterocycles. The van der Waals surface area contributed by atoms with Crippen molar-refractivity contribution < 1.29 is 14.5 Å². The number of carbonyl (C=O) groups is 1. The fourth-order valence-electron chi connectivity index (χ4n) is 3.66. The van der Waals surface area contributed by atoms with E-state index in [1.807, 2.05) is 0 Å². The number of hydrogen-bond donors (Lipinski definition) is 3. The van der Waals surface area contributed by atoms with Crippen LogP contribution >= 0.6 is 12.2 Å². The number of nitro benzene ring substituents is 1. The van der Waals surface area contributed by atoms with Crippen LogP contribution in [-0.2, 0) is 4.79 Å². The average Bonchev–Trinajstić information content (AvgIpc) is 3.21. The molecular weight excluding hydrogens is 344 g/mol. The van der Waals surface area contributed by atoms with Crippen molar-refractivity contribution in [1.82, 2.24) is 16.2 Å². The largest absolute Gasteiger partial charge is 0.477 e. The molecule has 0 saturated heterocycles. The Morgan fingerprint density at radius 2 is 2.08 bits per heavy atom. The van der Waals surface area contributed by atoms with Crippen LogP contribution in [0.25, 0.3) is 0 Å². The third-order valence-electron chi connectivity index (χ3n) is 4.79. The monoisotopic (exact) mass is 364 g/mol. The van der Waals surface area contributed by atoms with Crippen LogP contribution in [0.2, 0.25) is 0 Å². The van der Waals surface area contributed by atoms with Gasteiger partial charge in [-0.15, -0.1) is 0 Å². The predicted molar refractivity (Wildman–Crippen MR) is 94.8 cm³/mol. The van der Waals surface area contributed by atoms with Crippen LogP contribution in [0, 0.1) is 22.0 Å². The Hall–Kier alpha value is -2.42. The molecule has 1 amide bonds. The Morgan fingerprint density at radius 1 is 1.28 bits per heavy atom. The van der Waals surface area contributed by atoms with Crippen molar-refractivity contribution in [2.45, 2.75) is 31.7 Å². The standard InChI is InChI=1S/C16H20N4O4S/c21-15(9-24-14-4-2-1-3-13(14)20(22)23)18-19-16(25)17-12-8-10-5-6-11(12)7-10/h1-4,10-12H,5-9H2,(H,18,21)(H2,17,19,25)/t10-,11-,12-/m1/s1. The maximum absolute atomic E-state index is 11.8. The van der Waals surface area contributed by atoms with Gasteiger partial charge in [-0.3, -0.25) is 25.8 Å². The third kappa shape index (κ3) is 4.36. The van der Waals surface area contributed by atoms with Crippen molar-refractivity contribution in [1.29, 1.82) is 0 Å². The second kappa shape index (κ2) is 7.64. The highest BCUT2D eigenvalue weighted by atomic mass is 32.1. The van der Waals surface area contributed by atoms with Gasteiger partial charge in [-0.2, -0.15) is 0 Å². The molecule has 0 aromatic heterocycles. The van der Waals surface area contributed by atoms with Gasteiger partial charge in [0.15, 0.2) is 17.5 Å². The molecular formula is C16H20N4O4S. The zero-order chi connectivity index (χ0) is 17.8. The number of rotatable bonds is 5. The Kier molecular flexibility index (Phi) is 5.32. The first kappa shape index (κ1) is 17.4. The Balaban J connectivity index is 1.39. The molecule has 2 aliphatic carbocycles. The summed E-state index contributed by atoms with van der Waals surface area (Å²) in [5.41, 5.74) is 4.90. The maximum Gasteiger partial charge on any atom is 0.310 e. The van der Waals surface area contributed by atoms with Crippen LogP contribution in [0.4, 0.5) is 5.69 Å². The number of ether oxygens (including phenoxy) is 1. The van der Waals surface area contributed by atoms with Gasteiger partial charge >= 0.3 is 5.69 Å². The molecule has 1 aromatic rings. The van der Waals surface area contributed by atoms with Crippen LogP contribution in [-0.4, -0.2) is 28.6 Å². The van der Waals surface area contributed by atoms with Gasteiger partial charge in [0.1, 0.15) is 0 Å². The third-order valence-corrected chi connectivity index (χ3v) is 5.01. The van der Waals surface area contributed by atoms with Gasteiger partial charge in [-0.05, 0) is 49.4 Å². The fourth-order valence-corrected chi connectivity index (χ4v) is 3.86. The van der Waals surface area contributed by atoms with Crippen molar-refractivity contribution in [2.24, 2.45) is 11.8 Å². The molecule has 9 heteroatoms. The molecule has 25 heavy (non-hydrogen) atoms. The molecule has 0 radical (unpaired) electrons. The number of hydrazine groups is 1. The zero-order valence-corrected chi connectivity index (χ0v) is 14.4. The van der Waals surface area contributed by atoms with Crippen molar-refractivity contribution >= 4 is 28.9 Å². The smallest absolute Gasteiger partial charge is 0.310 e. The number of nitrogens with one attached hydrogen (secondary N) is 3. The SMILES string of the molecule is O=C(COc1ccccc1[N+](=O)[O-])NNC(=S)N[C@@H]1C[C@@H]2CC[C@@H]1C2. The van der Waals surface area contributed by atoms with Gasteiger partial charge < -0.3 is 10.1 Å². The van der Waals surface area contributed by atoms with E-state index in [2.05, 4.69) is 16.2 Å². The molecule has 1 aromatic carbocycles. The van der Waals surface area contributed by atoms with Crippen LogP contribution in [0.1, 0.15) is 25.7 Å². The van der Waals surface area contributed by atoms with Gasteiger partial charge in [0.2, 0.25) is 0 Å². The number of amides is 1. The maximum atomic E-state index is 11.8. The molecule has 0 unspecified atom stereocenters. The van der Waals surface area contributed by atoms with E-state index in [-0.39, 0.29) is 18.0 Å². The molecule has 2 fully saturated rings. The molecule has 3 N–H and O–H groups in total. The van der Waals surface area contributed by atoms with Gasteiger partial charge in [0.05, 0.1) is 4.92 Å². The van der Waals surface area contributed by atoms with Crippen LogP contribution in [0.5, 0.6) is 5.75 Å². The van der Waals surface area contributed by atoms with E-state index in [0.717, 1.165) is 12.3 Å². The lowest BCUT2D eigenvalue weighted by Crippen LogP contribution is -2.51. The van der Waals surface area contributed by atoms with E-state index in [0.29, 0.717) is 17.1 Å². The lowest BCUT2D eigenvalue weighted by molar-refractivity contribution is -0.385. The lowest BCUT2D eigenvalue weighted by Gasteiger charge is -2.24. The molecule has 134 valence electrons. The fraction of sp³-hybridized carbons (Fsp3) is 0.500. The van der Waals surface area contributed by atoms with E-state index >= 15 is 0 Å². The van der Waals surface area contributed by atoms with E-state index in [1.54, 1.807) is 6.07 Å². The highest BCUT2D eigenvalue weighted by Gasteiger charge is 2.39. The number of para-hydroxylation sites is 2. The number of carbonyl (C=O) groups excluding carboxylic acids is 1. The second-order valence-corrected chi connectivity index (χ2v) is 6.85. The van der Waals surface area contributed by atoms with Crippen LogP contribution in [0.15, 0.2) is 24.3 Å². The van der Waals surface area contributed by atoms with Crippen LogP contribution in [0.3, 0.4) is 0 Å². The average molecular weight is 364 g/mol. The summed E-state index contributed by atoms with van der Waals surface area (Å²) >= 11 is 5.19. The van der Waals surface area contributed by atoms with E-state index in [1.165, 1.54) is 37.5 Å². The van der Waals surface area contributed by atoms with Gasteiger partial charge in [0, 0.05) is 12.1 Å². The molecule has 8 nitrogen and oxygen atoms in total. The lowest BCUT2D eigenvalue weighted by atomic mass is 9.96. The summed E-state index contributed by atoms with van der Waals surface area (Å²) in [6.45, 7) is -0.353. The molecule has 0 spiro atoms. The van der Waals surface area contributed by atoms with Crippen LogP contribution < -0.4 is 20.9 Å². The Labute approximate surface area is 150 Å². The zero-order valence-electron chi connectivity index (χ0n) is 13.6. The summed E-state index contributed by atoms with van der Waals surface area (Å²) in [6.07, 6.45) is 4.93. The molecule has 2 aliphatic rings. The highest BCUT2D eigenvalue weighted by molar-refractivity contribution is 7.80. The normalized spacial score (nSPS) is 23.8. The number of fused-ring (bicyclic) bond motifs is 2. The van der Waals surface area contributed by atoms with E-state index < -0.39 is 10.8 Å².